The van der Waals surface area contributed by atoms with E-state index in [9.17, 15) is 22.8 Å². The van der Waals surface area contributed by atoms with E-state index in [-0.39, 0.29) is 32.5 Å². The van der Waals surface area contributed by atoms with Gasteiger partial charge in [0.15, 0.2) is 6.10 Å². The molecule has 0 aromatic rings. The second-order valence-electron chi connectivity index (χ2n) is 6.84. The van der Waals surface area contributed by atoms with Crippen LogP contribution in [0, 0.1) is 0 Å². The van der Waals surface area contributed by atoms with E-state index in [0.717, 1.165) is 0 Å². The molecule has 0 N–H and O–H groups in total. The minimum atomic E-state index is -4.66. The Balaban J connectivity index is 2.54. The zero-order valence-corrected chi connectivity index (χ0v) is 15.0. The second-order valence-corrected chi connectivity index (χ2v) is 6.84. The van der Waals surface area contributed by atoms with Crippen molar-refractivity contribution in [2.24, 2.45) is 0 Å². The third kappa shape index (κ3) is 7.94. The standard InChI is InChI=1S/C16H26F3NO5/c1-5-23-13(21)10-12(16(17,18)19)24-11-6-8-20(9-7-11)14(22)25-15(2,3)4/h11-12H,5-10H2,1-4H3/t12-/m0/s1. The average molecular weight is 369 g/mol. The third-order valence-corrected chi connectivity index (χ3v) is 3.47. The number of rotatable bonds is 5. The number of carbonyl (C=O) groups is 2. The molecule has 0 aliphatic carbocycles. The summed E-state index contributed by atoms with van der Waals surface area (Å²) in [7, 11) is 0. The van der Waals surface area contributed by atoms with E-state index < -0.39 is 42.5 Å². The molecule has 1 rings (SSSR count). The lowest BCUT2D eigenvalue weighted by molar-refractivity contribution is -0.239. The number of halogens is 3. The predicted molar refractivity (Wildman–Crippen MR) is 83.0 cm³/mol. The van der Waals surface area contributed by atoms with Crippen LogP contribution >= 0.6 is 0 Å². The maximum atomic E-state index is 13.0. The normalized spacial score (nSPS) is 18.0. The van der Waals surface area contributed by atoms with Gasteiger partial charge in [-0.2, -0.15) is 13.2 Å². The molecule has 6 nitrogen and oxygen atoms in total. The first-order valence-corrected chi connectivity index (χ1v) is 8.28. The molecule has 1 fully saturated rings. The van der Waals surface area contributed by atoms with Crippen molar-refractivity contribution in [3.8, 4) is 0 Å². The lowest BCUT2D eigenvalue weighted by Crippen LogP contribution is -2.45. The van der Waals surface area contributed by atoms with Crippen LogP contribution in [-0.2, 0) is 19.0 Å². The number of piperidine rings is 1. The fraction of sp³-hybridized carbons (Fsp3) is 0.875. The Bertz CT molecular complexity index is 454. The topological polar surface area (TPSA) is 65.1 Å². The molecule has 1 atom stereocenters. The molecule has 146 valence electrons. The quantitative estimate of drug-likeness (QED) is 0.696. The van der Waals surface area contributed by atoms with Crippen LogP contribution in [0.25, 0.3) is 0 Å². The van der Waals surface area contributed by atoms with Crippen molar-refractivity contribution < 1.29 is 37.0 Å². The molecule has 1 aliphatic heterocycles. The van der Waals surface area contributed by atoms with Gasteiger partial charge in [0, 0.05) is 13.1 Å². The zero-order valence-electron chi connectivity index (χ0n) is 15.0. The number of nitrogens with zero attached hydrogens (tertiary/aromatic N) is 1. The Labute approximate surface area is 145 Å². The van der Waals surface area contributed by atoms with Crippen LogP contribution in [0.5, 0.6) is 0 Å². The molecule has 0 bridgehead atoms. The summed E-state index contributed by atoms with van der Waals surface area (Å²) in [6, 6.07) is 0. The summed E-state index contributed by atoms with van der Waals surface area (Å²) in [6.07, 6.45) is -8.42. The van der Waals surface area contributed by atoms with Crippen LogP contribution in [0.3, 0.4) is 0 Å². The Morgan fingerprint density at radius 2 is 1.72 bits per heavy atom. The van der Waals surface area contributed by atoms with Crippen LogP contribution in [0.1, 0.15) is 47.0 Å². The first-order chi connectivity index (χ1) is 11.4. The zero-order chi connectivity index (χ0) is 19.3. The van der Waals surface area contributed by atoms with Crippen molar-refractivity contribution in [2.45, 2.75) is 70.9 Å². The van der Waals surface area contributed by atoms with Gasteiger partial charge in [-0.3, -0.25) is 4.79 Å². The van der Waals surface area contributed by atoms with E-state index in [2.05, 4.69) is 4.74 Å². The highest BCUT2D eigenvalue weighted by Gasteiger charge is 2.44. The lowest BCUT2D eigenvalue weighted by atomic mass is 10.1. The first kappa shape index (κ1) is 21.5. The molecule has 0 unspecified atom stereocenters. The van der Waals surface area contributed by atoms with E-state index in [1.807, 2.05) is 0 Å². The molecular formula is C16H26F3NO5. The van der Waals surface area contributed by atoms with Crippen molar-refractivity contribution in [3.05, 3.63) is 0 Å². The van der Waals surface area contributed by atoms with Gasteiger partial charge in [0.25, 0.3) is 0 Å². The highest BCUT2D eigenvalue weighted by molar-refractivity contribution is 5.70. The number of likely N-dealkylation sites (tertiary alicyclic amines) is 1. The molecular weight excluding hydrogens is 343 g/mol. The van der Waals surface area contributed by atoms with Gasteiger partial charge in [0.1, 0.15) is 5.60 Å². The van der Waals surface area contributed by atoms with Crippen molar-refractivity contribution >= 4 is 12.1 Å². The summed E-state index contributed by atoms with van der Waals surface area (Å²) >= 11 is 0. The van der Waals surface area contributed by atoms with Crippen LogP contribution < -0.4 is 0 Å². The summed E-state index contributed by atoms with van der Waals surface area (Å²) < 4.78 is 54.0. The summed E-state index contributed by atoms with van der Waals surface area (Å²) in [5, 5.41) is 0. The van der Waals surface area contributed by atoms with Gasteiger partial charge in [0.05, 0.1) is 19.1 Å². The molecule has 1 aliphatic rings. The van der Waals surface area contributed by atoms with Crippen molar-refractivity contribution in [1.29, 1.82) is 0 Å². The van der Waals surface area contributed by atoms with Crippen LogP contribution in [0.2, 0.25) is 0 Å². The molecule has 0 saturated carbocycles. The van der Waals surface area contributed by atoms with Crippen molar-refractivity contribution in [2.75, 3.05) is 19.7 Å². The van der Waals surface area contributed by atoms with Crippen LogP contribution in [0.4, 0.5) is 18.0 Å². The highest BCUT2D eigenvalue weighted by Crippen LogP contribution is 2.29. The van der Waals surface area contributed by atoms with Crippen molar-refractivity contribution in [1.82, 2.24) is 4.90 Å². The van der Waals surface area contributed by atoms with E-state index in [1.165, 1.54) is 11.8 Å². The lowest BCUT2D eigenvalue weighted by Gasteiger charge is -2.35. The Morgan fingerprint density at radius 3 is 2.16 bits per heavy atom. The van der Waals surface area contributed by atoms with Gasteiger partial charge in [-0.25, -0.2) is 4.79 Å². The summed E-state index contributed by atoms with van der Waals surface area (Å²) in [5.74, 6) is -0.948. The summed E-state index contributed by atoms with van der Waals surface area (Å²) in [6.45, 7) is 7.23. The summed E-state index contributed by atoms with van der Waals surface area (Å²) in [5.41, 5.74) is -0.633. The van der Waals surface area contributed by atoms with Gasteiger partial charge in [-0.05, 0) is 40.5 Å². The largest absolute Gasteiger partial charge is 0.466 e. The Morgan fingerprint density at radius 1 is 1.16 bits per heavy atom. The van der Waals surface area contributed by atoms with Gasteiger partial charge >= 0.3 is 18.2 Å². The number of carbonyl (C=O) groups excluding carboxylic acids is 2. The first-order valence-electron chi connectivity index (χ1n) is 8.28. The van der Waals surface area contributed by atoms with Gasteiger partial charge in [-0.1, -0.05) is 0 Å². The third-order valence-electron chi connectivity index (χ3n) is 3.47. The van der Waals surface area contributed by atoms with Gasteiger partial charge < -0.3 is 19.1 Å². The number of hydrogen-bond acceptors (Lipinski definition) is 5. The number of hydrogen-bond donors (Lipinski definition) is 0. The van der Waals surface area contributed by atoms with E-state index >= 15 is 0 Å². The molecule has 1 heterocycles. The van der Waals surface area contributed by atoms with Crippen LogP contribution in [0.15, 0.2) is 0 Å². The monoisotopic (exact) mass is 369 g/mol. The molecule has 0 aromatic carbocycles. The average Bonchev–Trinajstić information content (AvgIpc) is 2.44. The second kappa shape index (κ2) is 8.73. The SMILES string of the molecule is CCOC(=O)C[C@H](OC1CCN(C(=O)OC(C)(C)C)CC1)C(F)(F)F. The Hall–Kier alpha value is -1.51. The molecule has 1 saturated heterocycles. The van der Waals surface area contributed by atoms with E-state index in [1.54, 1.807) is 20.8 Å². The Kier molecular flexibility index (Phi) is 7.52. The van der Waals surface area contributed by atoms with Gasteiger partial charge in [0.2, 0.25) is 0 Å². The number of esters is 1. The highest BCUT2D eigenvalue weighted by atomic mass is 19.4. The summed E-state index contributed by atoms with van der Waals surface area (Å²) in [4.78, 5) is 24.7. The van der Waals surface area contributed by atoms with Crippen molar-refractivity contribution in [3.63, 3.8) is 0 Å². The van der Waals surface area contributed by atoms with E-state index in [4.69, 9.17) is 9.47 Å². The smallest absolute Gasteiger partial charge is 0.415 e. The number of alkyl halides is 3. The molecule has 25 heavy (non-hydrogen) atoms. The molecule has 1 amide bonds. The minimum Gasteiger partial charge on any atom is -0.466 e. The van der Waals surface area contributed by atoms with E-state index in [0.29, 0.717) is 0 Å². The minimum absolute atomic E-state index is 0.0116. The fourth-order valence-electron chi connectivity index (χ4n) is 2.35. The molecule has 0 spiro atoms. The van der Waals surface area contributed by atoms with Gasteiger partial charge in [-0.15, -0.1) is 0 Å². The van der Waals surface area contributed by atoms with Crippen LogP contribution in [-0.4, -0.2) is 60.6 Å². The maximum absolute atomic E-state index is 13.0. The molecule has 0 radical (unpaired) electrons. The molecule has 0 aromatic heterocycles. The number of amides is 1. The number of ether oxygens (including phenoxy) is 3. The fourth-order valence-corrected chi connectivity index (χ4v) is 2.35. The maximum Gasteiger partial charge on any atom is 0.415 e. The molecule has 9 heteroatoms. The predicted octanol–water partition coefficient (Wildman–Crippen LogP) is 3.29.